The van der Waals surface area contributed by atoms with E-state index in [0.717, 1.165) is 11.6 Å². The number of nitrogens with zero attached hydrogens (tertiary/aromatic N) is 1. The van der Waals surface area contributed by atoms with Crippen LogP contribution < -0.4 is 10.3 Å². The number of nitro benzene ring substituents is 1. The van der Waals surface area contributed by atoms with Crippen molar-refractivity contribution in [1.29, 1.82) is 0 Å². The van der Waals surface area contributed by atoms with Crippen LogP contribution in [0.1, 0.15) is 21.5 Å². The molecule has 0 aliphatic heterocycles. The number of fused-ring (bicyclic) bond motifs is 1. The van der Waals surface area contributed by atoms with Gasteiger partial charge in [-0.05, 0) is 31.0 Å². The molecule has 3 N–H and O–H groups in total. The zero-order chi connectivity index (χ0) is 19.8. The van der Waals surface area contributed by atoms with E-state index in [1.807, 2.05) is 4.83 Å². The Balaban J connectivity index is 1.87. The predicted octanol–water partition coefficient (Wildman–Crippen LogP) is 2.32. The number of para-hydroxylation sites is 1. The summed E-state index contributed by atoms with van der Waals surface area (Å²) in [6.07, 6.45) is 1.47. The largest absolute Gasteiger partial charge is 0.360 e. The number of H-pyrrole nitrogens is 1. The molecule has 3 aromatic rings. The minimum absolute atomic E-state index is 0.264. The van der Waals surface area contributed by atoms with Crippen LogP contribution >= 0.6 is 0 Å². The van der Waals surface area contributed by atoms with E-state index in [1.54, 1.807) is 31.2 Å². The van der Waals surface area contributed by atoms with Crippen molar-refractivity contribution in [2.24, 2.45) is 0 Å². The summed E-state index contributed by atoms with van der Waals surface area (Å²) in [4.78, 5) is 27.3. The molecule has 9 nitrogen and oxygen atoms in total. The van der Waals surface area contributed by atoms with E-state index in [1.165, 1.54) is 19.2 Å². The molecule has 3 rings (SSSR count). The lowest BCUT2D eigenvalue weighted by atomic mass is 10.1. The molecule has 2 aromatic carbocycles. The fourth-order valence-corrected chi connectivity index (χ4v) is 3.87. The van der Waals surface area contributed by atoms with Crippen molar-refractivity contribution in [1.82, 2.24) is 15.2 Å². The summed E-state index contributed by atoms with van der Waals surface area (Å²) in [7, 11) is -4.21. The molecule has 140 valence electrons. The molecule has 0 radical (unpaired) electrons. The lowest BCUT2D eigenvalue weighted by Gasteiger charge is -2.12. The zero-order valence-electron chi connectivity index (χ0n) is 14.4. The van der Waals surface area contributed by atoms with E-state index in [4.69, 9.17) is 0 Å². The average molecular weight is 388 g/mol. The van der Waals surface area contributed by atoms with Gasteiger partial charge in [-0.25, -0.2) is 8.42 Å². The molecule has 1 heterocycles. The van der Waals surface area contributed by atoms with Gasteiger partial charge in [-0.15, -0.1) is 4.83 Å². The molecule has 0 saturated carbocycles. The van der Waals surface area contributed by atoms with Gasteiger partial charge in [0.05, 0.1) is 15.4 Å². The van der Waals surface area contributed by atoms with Gasteiger partial charge >= 0.3 is 0 Å². The Morgan fingerprint density at radius 1 is 1.19 bits per heavy atom. The number of hydrogen-bond donors (Lipinski definition) is 3. The maximum absolute atomic E-state index is 12.6. The molecule has 0 saturated heterocycles. The van der Waals surface area contributed by atoms with Crippen molar-refractivity contribution in [3.63, 3.8) is 0 Å². The molecular weight excluding hydrogens is 372 g/mol. The highest BCUT2D eigenvalue weighted by atomic mass is 32.2. The number of nitro groups is 1. The molecule has 0 aliphatic carbocycles. The number of sulfonamides is 1. The highest BCUT2D eigenvalue weighted by molar-refractivity contribution is 7.89. The molecule has 0 aliphatic rings. The Hall–Kier alpha value is -3.24. The van der Waals surface area contributed by atoms with Crippen molar-refractivity contribution in [3.05, 3.63) is 69.4 Å². The first-order valence-electron chi connectivity index (χ1n) is 7.84. The van der Waals surface area contributed by atoms with Gasteiger partial charge in [0.25, 0.3) is 21.6 Å². The fourth-order valence-electron chi connectivity index (χ4n) is 2.69. The summed E-state index contributed by atoms with van der Waals surface area (Å²) in [5.74, 6) is -0.657. The van der Waals surface area contributed by atoms with Crippen LogP contribution in [-0.2, 0) is 10.0 Å². The van der Waals surface area contributed by atoms with Gasteiger partial charge in [-0.2, -0.15) is 0 Å². The molecule has 0 spiro atoms. The van der Waals surface area contributed by atoms with Crippen LogP contribution in [0.2, 0.25) is 0 Å². The first-order valence-corrected chi connectivity index (χ1v) is 9.33. The monoisotopic (exact) mass is 388 g/mol. The van der Waals surface area contributed by atoms with Crippen LogP contribution in [0.4, 0.5) is 5.69 Å². The van der Waals surface area contributed by atoms with E-state index >= 15 is 0 Å². The zero-order valence-corrected chi connectivity index (χ0v) is 15.3. The second-order valence-electron chi connectivity index (χ2n) is 5.95. The summed E-state index contributed by atoms with van der Waals surface area (Å²) >= 11 is 0. The number of rotatable bonds is 5. The summed E-state index contributed by atoms with van der Waals surface area (Å²) in [6.45, 7) is 3.11. The van der Waals surface area contributed by atoms with Crippen LogP contribution in [0.5, 0.6) is 0 Å². The number of aryl methyl sites for hydroxylation is 1. The van der Waals surface area contributed by atoms with Crippen LogP contribution in [0.25, 0.3) is 10.9 Å². The van der Waals surface area contributed by atoms with Crippen LogP contribution in [0, 0.1) is 24.0 Å². The Morgan fingerprint density at radius 2 is 1.89 bits per heavy atom. The van der Waals surface area contributed by atoms with Gasteiger partial charge in [0.1, 0.15) is 0 Å². The smallest absolute Gasteiger partial charge is 0.271 e. The number of carbonyl (C=O) groups is 1. The molecule has 1 amide bonds. The summed E-state index contributed by atoms with van der Waals surface area (Å²) in [6, 6.07) is 9.32. The number of non-ortho nitro benzene ring substituents is 1. The third-order valence-electron chi connectivity index (χ3n) is 4.24. The van der Waals surface area contributed by atoms with Gasteiger partial charge < -0.3 is 4.98 Å². The number of aromatic nitrogens is 1. The molecule has 1 aromatic heterocycles. The fraction of sp³-hybridized carbons (Fsp3) is 0.118. The van der Waals surface area contributed by atoms with Gasteiger partial charge in [0, 0.05) is 29.2 Å². The highest BCUT2D eigenvalue weighted by Gasteiger charge is 2.23. The minimum Gasteiger partial charge on any atom is -0.360 e. The van der Waals surface area contributed by atoms with Crippen LogP contribution in [-0.4, -0.2) is 24.2 Å². The van der Waals surface area contributed by atoms with Gasteiger partial charge in [0.15, 0.2) is 0 Å². The Kier molecular flexibility index (Phi) is 4.68. The van der Waals surface area contributed by atoms with E-state index < -0.39 is 20.9 Å². The molecule has 27 heavy (non-hydrogen) atoms. The molecule has 0 atom stereocenters. The van der Waals surface area contributed by atoms with Crippen molar-refractivity contribution in [3.8, 4) is 0 Å². The number of benzene rings is 2. The average Bonchev–Trinajstić information content (AvgIpc) is 3.05. The predicted molar refractivity (Wildman–Crippen MR) is 98.7 cm³/mol. The summed E-state index contributed by atoms with van der Waals surface area (Å²) in [5, 5.41) is 11.6. The van der Waals surface area contributed by atoms with Crippen molar-refractivity contribution >= 4 is 32.5 Å². The highest BCUT2D eigenvalue weighted by Crippen LogP contribution is 2.25. The molecule has 0 fully saturated rings. The minimum atomic E-state index is -4.21. The molecule has 0 bridgehead atoms. The third-order valence-corrected chi connectivity index (χ3v) is 5.61. The lowest BCUT2D eigenvalue weighted by Crippen LogP contribution is -2.41. The summed E-state index contributed by atoms with van der Waals surface area (Å²) in [5.41, 5.74) is 3.60. The van der Waals surface area contributed by atoms with Crippen LogP contribution in [0.15, 0.2) is 47.5 Å². The van der Waals surface area contributed by atoms with Gasteiger partial charge in [-0.3, -0.25) is 20.3 Å². The first kappa shape index (κ1) is 18.5. The standard InChI is InChI=1S/C17H16N4O5S/c1-10-7-12(21(23)24)8-16(11(10)2)27(25,26)20-19-17(22)14-9-18-15-6-4-3-5-13(14)15/h3-9,18,20H,1-2H3,(H,19,22). The number of nitrogens with one attached hydrogen (secondary N) is 3. The second-order valence-corrected chi connectivity index (χ2v) is 7.60. The first-order chi connectivity index (χ1) is 12.7. The SMILES string of the molecule is Cc1cc([N+](=O)[O-])cc(S(=O)(=O)NNC(=O)c2c[nH]c3ccccc23)c1C. The summed E-state index contributed by atoms with van der Waals surface area (Å²) < 4.78 is 25.1. The number of carbonyl (C=O) groups excluding carboxylic acids is 1. The Labute approximate surface area is 154 Å². The lowest BCUT2D eigenvalue weighted by molar-refractivity contribution is -0.385. The number of amides is 1. The normalized spacial score (nSPS) is 11.5. The quantitative estimate of drug-likeness (QED) is 0.455. The molecule has 0 unspecified atom stereocenters. The van der Waals surface area contributed by atoms with E-state index in [0.29, 0.717) is 16.5 Å². The van der Waals surface area contributed by atoms with Crippen LogP contribution in [0.3, 0.4) is 0 Å². The number of hydrazine groups is 1. The second kappa shape index (κ2) is 6.82. The Morgan fingerprint density at radius 3 is 2.59 bits per heavy atom. The molecule has 10 heteroatoms. The van der Waals surface area contributed by atoms with E-state index in [-0.39, 0.29) is 16.1 Å². The van der Waals surface area contributed by atoms with Gasteiger partial charge in [0.2, 0.25) is 0 Å². The van der Waals surface area contributed by atoms with Crippen molar-refractivity contribution < 1.29 is 18.1 Å². The maximum Gasteiger partial charge on any atom is 0.271 e. The maximum atomic E-state index is 12.6. The number of aromatic amines is 1. The van der Waals surface area contributed by atoms with E-state index in [9.17, 15) is 23.3 Å². The van der Waals surface area contributed by atoms with E-state index in [2.05, 4.69) is 10.4 Å². The Bertz CT molecular complexity index is 1170. The number of hydrogen-bond acceptors (Lipinski definition) is 5. The van der Waals surface area contributed by atoms with Crippen molar-refractivity contribution in [2.45, 2.75) is 18.7 Å². The van der Waals surface area contributed by atoms with Crippen molar-refractivity contribution in [2.75, 3.05) is 0 Å². The topological polar surface area (TPSA) is 134 Å². The third kappa shape index (κ3) is 3.52. The van der Waals surface area contributed by atoms with Gasteiger partial charge in [-0.1, -0.05) is 18.2 Å². The molecular formula is C17H16N4O5S.